The number of pyridine rings is 1. The summed E-state index contributed by atoms with van der Waals surface area (Å²) in [5.74, 6) is 0.792. The molecule has 5 heteroatoms. The second kappa shape index (κ2) is 6.05. The van der Waals surface area contributed by atoms with Crippen LogP contribution in [0.4, 0.5) is 0 Å². The number of ether oxygens (including phenoxy) is 1. The normalized spacial score (nSPS) is 14.8. The van der Waals surface area contributed by atoms with Crippen molar-refractivity contribution in [3.8, 4) is 11.5 Å². The molecule has 0 bridgehead atoms. The van der Waals surface area contributed by atoms with Crippen LogP contribution in [0.2, 0.25) is 0 Å². The molecule has 0 amide bonds. The van der Waals surface area contributed by atoms with Gasteiger partial charge in [-0.05, 0) is 56.7 Å². The van der Waals surface area contributed by atoms with E-state index in [1.165, 1.54) is 13.1 Å². The SMILES string of the molecule is CC(=O)c1ccc2c(c1)C(c1ccncc1O)=CC(C)(C)O2.Cl. The molecule has 3 rings (SSSR count). The summed E-state index contributed by atoms with van der Waals surface area (Å²) in [4.78, 5) is 15.6. The number of nitrogens with zero attached hydrogens (tertiary/aromatic N) is 1. The monoisotopic (exact) mass is 331 g/mol. The van der Waals surface area contributed by atoms with Gasteiger partial charge in [-0.25, -0.2) is 0 Å². The van der Waals surface area contributed by atoms with Crippen molar-refractivity contribution in [3.05, 3.63) is 59.4 Å². The van der Waals surface area contributed by atoms with E-state index in [-0.39, 0.29) is 23.9 Å². The molecule has 2 heterocycles. The van der Waals surface area contributed by atoms with Gasteiger partial charge in [-0.1, -0.05) is 0 Å². The number of carbonyl (C=O) groups is 1. The molecule has 0 saturated carbocycles. The largest absolute Gasteiger partial charge is 0.506 e. The molecule has 4 nitrogen and oxygen atoms in total. The average Bonchev–Trinajstić information content (AvgIpc) is 2.45. The zero-order valence-electron chi connectivity index (χ0n) is 13.2. The summed E-state index contributed by atoms with van der Waals surface area (Å²) in [6.07, 6.45) is 4.99. The Morgan fingerprint density at radius 1 is 1.22 bits per heavy atom. The molecule has 1 N–H and O–H groups in total. The molecule has 1 aromatic carbocycles. The summed E-state index contributed by atoms with van der Waals surface area (Å²) in [6, 6.07) is 7.12. The summed E-state index contributed by atoms with van der Waals surface area (Å²) in [5, 5.41) is 10.1. The van der Waals surface area contributed by atoms with Crippen LogP contribution in [-0.2, 0) is 0 Å². The van der Waals surface area contributed by atoms with Crippen molar-refractivity contribution in [1.29, 1.82) is 0 Å². The highest BCUT2D eigenvalue weighted by Crippen LogP contribution is 2.41. The van der Waals surface area contributed by atoms with Gasteiger partial charge >= 0.3 is 0 Å². The van der Waals surface area contributed by atoms with Crippen molar-refractivity contribution >= 4 is 23.8 Å². The number of aromatic hydroxyl groups is 1. The fourth-order valence-corrected chi connectivity index (χ4v) is 2.62. The predicted octanol–water partition coefficient (Wildman–Crippen LogP) is 4.01. The average molecular weight is 332 g/mol. The van der Waals surface area contributed by atoms with E-state index in [1.807, 2.05) is 19.9 Å². The molecule has 2 aromatic rings. The quantitative estimate of drug-likeness (QED) is 0.844. The molecular formula is C18H18ClNO3. The van der Waals surface area contributed by atoms with Crippen molar-refractivity contribution in [2.45, 2.75) is 26.4 Å². The number of Topliss-reactive ketones (excluding diaryl/α,β-unsaturated/α-hetero) is 1. The molecule has 120 valence electrons. The standard InChI is InChI=1S/C18H17NO3.ClH/c1-11(20)12-4-5-17-14(8-12)15(9-18(2,3)22-17)13-6-7-19-10-16(13)21;/h4-10,21H,1-3H3;1H. The third-order valence-corrected chi connectivity index (χ3v) is 3.63. The van der Waals surface area contributed by atoms with Gasteiger partial charge in [0.1, 0.15) is 17.1 Å². The van der Waals surface area contributed by atoms with Crippen LogP contribution in [0, 0.1) is 0 Å². The van der Waals surface area contributed by atoms with E-state index >= 15 is 0 Å². The third-order valence-electron chi connectivity index (χ3n) is 3.63. The second-order valence-corrected chi connectivity index (χ2v) is 5.92. The molecular weight excluding hydrogens is 314 g/mol. The topological polar surface area (TPSA) is 59.4 Å². The molecule has 0 unspecified atom stereocenters. The molecule has 0 aliphatic carbocycles. The van der Waals surface area contributed by atoms with Crippen molar-refractivity contribution in [2.75, 3.05) is 0 Å². The first-order valence-corrected chi connectivity index (χ1v) is 7.08. The van der Waals surface area contributed by atoms with Crippen molar-refractivity contribution in [3.63, 3.8) is 0 Å². The highest BCUT2D eigenvalue weighted by Gasteiger charge is 2.28. The molecule has 0 fully saturated rings. The van der Waals surface area contributed by atoms with Crippen LogP contribution in [0.15, 0.2) is 42.7 Å². The number of hydrogen-bond acceptors (Lipinski definition) is 4. The Kier molecular flexibility index (Phi) is 4.48. The van der Waals surface area contributed by atoms with Gasteiger partial charge in [-0.2, -0.15) is 0 Å². The van der Waals surface area contributed by atoms with Crippen LogP contribution in [0.5, 0.6) is 11.5 Å². The van der Waals surface area contributed by atoms with Crippen LogP contribution < -0.4 is 4.74 Å². The number of aromatic nitrogens is 1. The summed E-state index contributed by atoms with van der Waals surface area (Å²) in [5.41, 5.74) is 2.42. The lowest BCUT2D eigenvalue weighted by molar-refractivity contribution is 0.101. The van der Waals surface area contributed by atoms with E-state index in [4.69, 9.17) is 4.74 Å². The first-order chi connectivity index (χ1) is 10.4. The van der Waals surface area contributed by atoms with Crippen molar-refractivity contribution in [2.24, 2.45) is 0 Å². The summed E-state index contributed by atoms with van der Waals surface area (Å²) < 4.78 is 5.96. The smallest absolute Gasteiger partial charge is 0.159 e. The van der Waals surface area contributed by atoms with Crippen LogP contribution >= 0.6 is 12.4 Å². The maximum Gasteiger partial charge on any atom is 0.159 e. The molecule has 0 spiro atoms. The van der Waals surface area contributed by atoms with Crippen LogP contribution in [0.3, 0.4) is 0 Å². The van der Waals surface area contributed by atoms with Gasteiger partial charge in [0.15, 0.2) is 5.78 Å². The lowest BCUT2D eigenvalue weighted by Gasteiger charge is -2.31. The van der Waals surface area contributed by atoms with E-state index in [2.05, 4.69) is 4.98 Å². The van der Waals surface area contributed by atoms with E-state index in [1.54, 1.807) is 30.5 Å². The summed E-state index contributed by atoms with van der Waals surface area (Å²) in [6.45, 7) is 5.43. The molecule has 0 radical (unpaired) electrons. The van der Waals surface area contributed by atoms with Gasteiger partial charge in [0, 0.05) is 22.9 Å². The Labute approximate surface area is 141 Å². The van der Waals surface area contributed by atoms with Gasteiger partial charge in [0.25, 0.3) is 0 Å². The zero-order valence-corrected chi connectivity index (χ0v) is 14.0. The molecule has 0 atom stereocenters. The van der Waals surface area contributed by atoms with Gasteiger partial charge in [0.2, 0.25) is 0 Å². The Morgan fingerprint density at radius 3 is 2.61 bits per heavy atom. The third kappa shape index (κ3) is 3.22. The van der Waals surface area contributed by atoms with Crippen LogP contribution in [0.1, 0.15) is 42.3 Å². The van der Waals surface area contributed by atoms with Crippen LogP contribution in [-0.4, -0.2) is 21.5 Å². The van der Waals surface area contributed by atoms with Gasteiger partial charge < -0.3 is 9.84 Å². The molecule has 0 saturated heterocycles. The second-order valence-electron chi connectivity index (χ2n) is 5.92. The number of carbonyl (C=O) groups excluding carboxylic acids is 1. The minimum Gasteiger partial charge on any atom is -0.506 e. The van der Waals surface area contributed by atoms with Crippen LogP contribution in [0.25, 0.3) is 5.57 Å². The number of halogens is 1. The Morgan fingerprint density at radius 2 is 1.96 bits per heavy atom. The van der Waals surface area contributed by atoms with Gasteiger partial charge in [-0.3, -0.25) is 9.78 Å². The van der Waals surface area contributed by atoms with E-state index in [0.717, 1.165) is 11.1 Å². The fourth-order valence-electron chi connectivity index (χ4n) is 2.62. The fraction of sp³-hybridized carbons (Fsp3) is 0.222. The minimum atomic E-state index is -0.504. The summed E-state index contributed by atoms with van der Waals surface area (Å²) in [7, 11) is 0. The van der Waals surface area contributed by atoms with E-state index in [0.29, 0.717) is 16.9 Å². The lowest BCUT2D eigenvalue weighted by atomic mass is 9.89. The number of benzene rings is 1. The number of hydrogen-bond donors (Lipinski definition) is 1. The maximum absolute atomic E-state index is 11.6. The highest BCUT2D eigenvalue weighted by atomic mass is 35.5. The van der Waals surface area contributed by atoms with Gasteiger partial charge in [0.05, 0.1) is 6.20 Å². The van der Waals surface area contributed by atoms with Gasteiger partial charge in [-0.15, -0.1) is 12.4 Å². The lowest BCUT2D eigenvalue weighted by Crippen LogP contribution is -2.29. The molecule has 1 aromatic heterocycles. The van der Waals surface area contributed by atoms with E-state index < -0.39 is 5.60 Å². The Balaban J connectivity index is 0.00000192. The number of fused-ring (bicyclic) bond motifs is 1. The first-order valence-electron chi connectivity index (χ1n) is 7.08. The maximum atomic E-state index is 11.6. The Hall–Kier alpha value is -2.33. The Bertz CT molecular complexity index is 797. The number of rotatable bonds is 2. The first kappa shape index (κ1) is 17.0. The molecule has 1 aliphatic rings. The van der Waals surface area contributed by atoms with E-state index in [9.17, 15) is 9.90 Å². The highest BCUT2D eigenvalue weighted by molar-refractivity contribution is 5.97. The predicted molar refractivity (Wildman–Crippen MR) is 91.4 cm³/mol. The zero-order chi connectivity index (χ0) is 15.9. The number of ketones is 1. The molecule has 1 aliphatic heterocycles. The summed E-state index contributed by atoms with van der Waals surface area (Å²) >= 11 is 0. The van der Waals surface area contributed by atoms with Crippen molar-refractivity contribution in [1.82, 2.24) is 4.98 Å². The van der Waals surface area contributed by atoms with Crippen molar-refractivity contribution < 1.29 is 14.6 Å². The minimum absolute atomic E-state index is 0. The molecule has 23 heavy (non-hydrogen) atoms.